The number of rotatable bonds is 9. The number of nitrogens with two attached hydrogens (primary N) is 1. The van der Waals surface area contributed by atoms with E-state index in [4.69, 9.17) is 15.9 Å². The lowest BCUT2D eigenvalue weighted by atomic mass is 9.67. The largest absolute Gasteiger partial charge is 0.457 e. The van der Waals surface area contributed by atoms with Crippen LogP contribution in [0.3, 0.4) is 0 Å². The maximum absolute atomic E-state index is 8.90. The molecule has 0 radical (unpaired) electrons. The van der Waals surface area contributed by atoms with Crippen molar-refractivity contribution in [1.82, 2.24) is 20.4 Å². The first-order valence-electron chi connectivity index (χ1n) is 17.6. The van der Waals surface area contributed by atoms with Gasteiger partial charge in [-0.05, 0) is 104 Å². The van der Waals surface area contributed by atoms with Gasteiger partial charge in [-0.25, -0.2) is 4.99 Å². The van der Waals surface area contributed by atoms with Gasteiger partial charge in [0.15, 0.2) is 5.84 Å². The summed E-state index contributed by atoms with van der Waals surface area (Å²) in [5.41, 5.74) is 11.9. The number of nitrogens with zero attached hydrogens (tertiary/aromatic N) is 3. The van der Waals surface area contributed by atoms with Crippen LogP contribution in [0.4, 0.5) is 0 Å². The van der Waals surface area contributed by atoms with E-state index in [2.05, 4.69) is 32.3 Å². The average Bonchev–Trinajstić information content (AvgIpc) is 3.20. The number of para-hydroxylation sites is 1. The number of hydrogen-bond acceptors (Lipinski definition) is 7. The van der Waals surface area contributed by atoms with Crippen molar-refractivity contribution >= 4 is 17.7 Å². The summed E-state index contributed by atoms with van der Waals surface area (Å²) in [6.07, 6.45) is 11.2. The predicted molar refractivity (Wildman–Crippen MR) is 187 cm³/mol. The summed E-state index contributed by atoms with van der Waals surface area (Å²) < 4.78 is 6.00. The molecule has 8 heteroatoms. The molecule has 1 saturated carbocycles. The van der Waals surface area contributed by atoms with E-state index < -0.39 is 0 Å². The topological polar surface area (TPSA) is 102 Å². The Morgan fingerprint density at radius 2 is 1.70 bits per heavy atom. The molecule has 1 aliphatic carbocycles. The fraction of sp³-hybridized carbons (Fsp3) is 0.526. The molecule has 0 unspecified atom stereocenters. The Hall–Kier alpha value is -3.46. The lowest BCUT2D eigenvalue weighted by Gasteiger charge is -2.56. The van der Waals surface area contributed by atoms with E-state index in [9.17, 15) is 0 Å². The van der Waals surface area contributed by atoms with Gasteiger partial charge in [0.1, 0.15) is 11.5 Å². The highest BCUT2D eigenvalue weighted by Gasteiger charge is 2.46. The van der Waals surface area contributed by atoms with Gasteiger partial charge in [0, 0.05) is 76.2 Å². The van der Waals surface area contributed by atoms with E-state index in [-0.39, 0.29) is 5.84 Å². The van der Waals surface area contributed by atoms with Crippen LogP contribution in [0, 0.1) is 16.7 Å². The number of allylic oxidation sites excluding steroid dienone is 1. The number of nitrogens with one attached hydrogen (secondary N) is 3. The molecule has 5 aliphatic rings. The maximum atomic E-state index is 8.90. The van der Waals surface area contributed by atoms with Gasteiger partial charge in [0.2, 0.25) is 0 Å². The van der Waals surface area contributed by atoms with Gasteiger partial charge >= 0.3 is 0 Å². The van der Waals surface area contributed by atoms with Gasteiger partial charge in [0.25, 0.3) is 0 Å². The van der Waals surface area contributed by atoms with E-state index in [0.717, 1.165) is 73.5 Å². The molecule has 2 aromatic rings. The second kappa shape index (κ2) is 13.7. The molecule has 0 aromatic heterocycles. The highest BCUT2D eigenvalue weighted by Crippen LogP contribution is 2.45. The standard InChI is InChI=1S/C38H51N7O/c1-2-28-14-19-42-37(40)34(35(39)29-8-10-33(11-9-29)46-32-6-4-3-5-7-32)36(28)43-30-15-20-45(21-16-30)31-12-17-38(18-13-31)25-44(26-38)24-27-22-41-23-27/h3-11,19,27,30-31,40-41,43H,2,12-18,20-26,39H2,1H3. The number of piperidine rings is 1. The minimum absolute atomic E-state index is 0.223. The van der Waals surface area contributed by atoms with Crippen LogP contribution in [0.15, 0.2) is 76.4 Å². The molecule has 4 heterocycles. The van der Waals surface area contributed by atoms with Gasteiger partial charge in [-0.2, -0.15) is 0 Å². The number of benzene rings is 2. The molecule has 244 valence electrons. The van der Waals surface area contributed by atoms with Crippen molar-refractivity contribution in [2.45, 2.75) is 70.4 Å². The van der Waals surface area contributed by atoms with Crippen LogP contribution in [0.2, 0.25) is 0 Å². The maximum Gasteiger partial charge on any atom is 0.155 e. The molecule has 7 rings (SSSR count). The van der Waals surface area contributed by atoms with Crippen molar-refractivity contribution in [3.8, 4) is 11.5 Å². The smallest absolute Gasteiger partial charge is 0.155 e. The monoisotopic (exact) mass is 621 g/mol. The highest BCUT2D eigenvalue weighted by atomic mass is 16.5. The normalized spacial score (nSPS) is 24.4. The zero-order chi connectivity index (χ0) is 31.5. The van der Waals surface area contributed by atoms with Gasteiger partial charge in [0.05, 0.1) is 11.3 Å². The molecule has 4 aliphatic heterocycles. The summed E-state index contributed by atoms with van der Waals surface area (Å²) in [5.74, 6) is 2.66. The van der Waals surface area contributed by atoms with E-state index >= 15 is 0 Å². The van der Waals surface area contributed by atoms with E-state index in [1.54, 1.807) is 0 Å². The Morgan fingerprint density at radius 1 is 1.00 bits per heavy atom. The average molecular weight is 622 g/mol. The Kier molecular flexibility index (Phi) is 9.29. The van der Waals surface area contributed by atoms with Gasteiger partial charge in [-0.1, -0.05) is 25.1 Å². The first-order valence-corrected chi connectivity index (χ1v) is 17.6. The third-order valence-corrected chi connectivity index (χ3v) is 11.1. The zero-order valence-corrected chi connectivity index (χ0v) is 27.4. The molecule has 5 N–H and O–H groups in total. The van der Waals surface area contributed by atoms with Crippen LogP contribution < -0.4 is 21.1 Å². The molecule has 1 spiro atoms. The minimum atomic E-state index is 0.223. The third kappa shape index (κ3) is 6.80. The van der Waals surface area contributed by atoms with E-state index in [1.807, 2.05) is 60.8 Å². The van der Waals surface area contributed by atoms with Crippen molar-refractivity contribution < 1.29 is 4.74 Å². The SMILES string of the molecule is CCC1=C(NC2CCN(C3CCC4(CC3)CN(CC3CNC3)C4)CC2)C(=C(N)c2ccc(Oc3ccccc3)cc2)C(=N)N=CC1. The van der Waals surface area contributed by atoms with Crippen molar-refractivity contribution in [1.29, 1.82) is 5.41 Å². The minimum Gasteiger partial charge on any atom is -0.457 e. The van der Waals surface area contributed by atoms with Gasteiger partial charge in [-0.15, -0.1) is 0 Å². The molecular formula is C38H51N7O. The third-order valence-electron chi connectivity index (χ3n) is 11.1. The van der Waals surface area contributed by atoms with Crippen LogP contribution in [0.1, 0.15) is 63.9 Å². The van der Waals surface area contributed by atoms with Crippen molar-refractivity contribution in [2.75, 3.05) is 45.8 Å². The number of hydrogen-bond donors (Lipinski definition) is 4. The molecule has 0 amide bonds. The summed E-state index contributed by atoms with van der Waals surface area (Å²) in [6.45, 7) is 10.9. The molecule has 0 atom stereocenters. The number of ether oxygens (including phenoxy) is 1. The fourth-order valence-corrected chi connectivity index (χ4v) is 8.32. The molecule has 46 heavy (non-hydrogen) atoms. The van der Waals surface area contributed by atoms with Crippen molar-refractivity contribution in [3.63, 3.8) is 0 Å². The van der Waals surface area contributed by atoms with Crippen LogP contribution in [0.25, 0.3) is 5.70 Å². The van der Waals surface area contributed by atoms with E-state index in [0.29, 0.717) is 22.7 Å². The zero-order valence-electron chi connectivity index (χ0n) is 27.4. The summed E-state index contributed by atoms with van der Waals surface area (Å²) in [4.78, 5) is 9.98. The van der Waals surface area contributed by atoms with Crippen molar-refractivity contribution in [3.05, 3.63) is 77.0 Å². The van der Waals surface area contributed by atoms with Crippen molar-refractivity contribution in [2.24, 2.45) is 22.1 Å². The van der Waals surface area contributed by atoms with E-state index in [1.165, 1.54) is 64.0 Å². The second-order valence-corrected chi connectivity index (χ2v) is 14.3. The van der Waals surface area contributed by atoms with Gasteiger partial charge < -0.3 is 30.9 Å². The first kappa shape index (κ1) is 31.2. The van der Waals surface area contributed by atoms with Crippen LogP contribution in [0.5, 0.6) is 11.5 Å². The molecule has 8 nitrogen and oxygen atoms in total. The fourth-order valence-electron chi connectivity index (χ4n) is 8.32. The van der Waals surface area contributed by atoms with Crippen LogP contribution in [-0.4, -0.2) is 79.7 Å². The Labute approximate surface area is 274 Å². The number of likely N-dealkylation sites (tertiary alicyclic amines) is 2. The Balaban J connectivity index is 0.977. The highest BCUT2D eigenvalue weighted by molar-refractivity contribution is 6.10. The summed E-state index contributed by atoms with van der Waals surface area (Å²) in [7, 11) is 0. The van der Waals surface area contributed by atoms with Gasteiger partial charge in [-0.3, -0.25) is 5.41 Å². The predicted octanol–water partition coefficient (Wildman–Crippen LogP) is 5.78. The van der Waals surface area contributed by atoms with Crippen LogP contribution in [-0.2, 0) is 0 Å². The second-order valence-electron chi connectivity index (χ2n) is 14.3. The first-order chi connectivity index (χ1) is 22.5. The number of amidine groups is 1. The quantitative estimate of drug-likeness (QED) is 0.283. The molecule has 3 saturated heterocycles. The van der Waals surface area contributed by atoms with Crippen LogP contribution >= 0.6 is 0 Å². The lowest BCUT2D eigenvalue weighted by Crippen LogP contribution is -2.62. The lowest BCUT2D eigenvalue weighted by molar-refractivity contribution is -0.0568. The molecular weight excluding hydrogens is 570 g/mol. The molecule has 4 fully saturated rings. The Morgan fingerprint density at radius 3 is 2.35 bits per heavy atom. The molecule has 0 bridgehead atoms. The Bertz CT molecular complexity index is 1450. The molecule has 2 aromatic carbocycles. The number of aliphatic imine (C=N–C) groups is 1. The summed E-state index contributed by atoms with van der Waals surface area (Å²) in [6, 6.07) is 18.7. The summed E-state index contributed by atoms with van der Waals surface area (Å²) >= 11 is 0. The summed E-state index contributed by atoms with van der Waals surface area (Å²) in [5, 5.41) is 16.2.